The zero-order chi connectivity index (χ0) is 18.5. The fraction of sp³-hybridized carbons (Fsp3) is 0.733. The number of amides is 2. The van der Waals surface area contributed by atoms with Crippen LogP contribution in [-0.2, 0) is 28.7 Å². The van der Waals surface area contributed by atoms with Crippen LogP contribution in [0.3, 0.4) is 0 Å². The van der Waals surface area contributed by atoms with Crippen molar-refractivity contribution in [2.75, 3.05) is 33.3 Å². The lowest BCUT2D eigenvalue weighted by molar-refractivity contribution is -0.163. The maximum Gasteiger partial charge on any atom is 0.325 e. The molecule has 1 atom stereocenters. The highest BCUT2D eigenvalue weighted by molar-refractivity contribution is 5.93. The third-order valence-corrected chi connectivity index (χ3v) is 3.41. The minimum Gasteiger partial charge on any atom is -0.468 e. The number of nitrogens with zero attached hydrogens (tertiary/aromatic N) is 2. The minimum atomic E-state index is -1.03. The van der Waals surface area contributed by atoms with Crippen molar-refractivity contribution in [1.29, 1.82) is 0 Å². The van der Waals surface area contributed by atoms with Gasteiger partial charge in [0, 0.05) is 13.1 Å². The van der Waals surface area contributed by atoms with Gasteiger partial charge in [-0.15, -0.1) is 12.4 Å². The summed E-state index contributed by atoms with van der Waals surface area (Å²) in [5, 5.41) is 0. The van der Waals surface area contributed by atoms with E-state index < -0.39 is 35.4 Å². The molecule has 25 heavy (non-hydrogen) atoms. The van der Waals surface area contributed by atoms with Crippen molar-refractivity contribution in [2.45, 2.75) is 38.8 Å². The van der Waals surface area contributed by atoms with Gasteiger partial charge in [-0.3, -0.25) is 19.2 Å². The Hall–Kier alpha value is -1.87. The van der Waals surface area contributed by atoms with Gasteiger partial charge in [-0.2, -0.15) is 0 Å². The quantitative estimate of drug-likeness (QED) is 0.628. The van der Waals surface area contributed by atoms with Crippen LogP contribution in [0.5, 0.6) is 0 Å². The van der Waals surface area contributed by atoms with E-state index in [4.69, 9.17) is 10.5 Å². The van der Waals surface area contributed by atoms with Crippen LogP contribution in [0, 0.1) is 0 Å². The number of nitrogens with two attached hydrogens (primary N) is 1. The molecular formula is C15H26ClN3O6. The van der Waals surface area contributed by atoms with E-state index in [2.05, 4.69) is 4.74 Å². The molecule has 144 valence electrons. The summed E-state index contributed by atoms with van der Waals surface area (Å²) in [7, 11) is 1.22. The van der Waals surface area contributed by atoms with E-state index in [0.717, 1.165) is 0 Å². The van der Waals surface area contributed by atoms with Crippen LogP contribution in [0.4, 0.5) is 0 Å². The first kappa shape index (κ1) is 23.1. The topological polar surface area (TPSA) is 119 Å². The lowest BCUT2D eigenvalue weighted by atomic mass is 10.1. The predicted molar refractivity (Wildman–Crippen MR) is 90.9 cm³/mol. The third kappa shape index (κ3) is 6.87. The molecule has 1 heterocycles. The minimum absolute atomic E-state index is 0. The highest BCUT2D eigenvalue weighted by Gasteiger charge is 2.39. The van der Waals surface area contributed by atoms with E-state index >= 15 is 0 Å². The molecule has 2 amide bonds. The number of rotatable bonds is 5. The summed E-state index contributed by atoms with van der Waals surface area (Å²) in [4.78, 5) is 50.5. The summed E-state index contributed by atoms with van der Waals surface area (Å²) in [6.07, 6.45) is -0.292. The molecule has 0 saturated carbocycles. The Kier molecular flexibility index (Phi) is 8.86. The van der Waals surface area contributed by atoms with E-state index in [9.17, 15) is 19.2 Å². The molecule has 1 aliphatic heterocycles. The SMILES string of the molecule is COC(=O)CN1CCN(C(=O)CN)[C@@H](CC(=O)OC(C)(C)C)C1=O.Cl. The smallest absolute Gasteiger partial charge is 0.325 e. The molecule has 0 radical (unpaired) electrons. The van der Waals surface area contributed by atoms with Crippen molar-refractivity contribution >= 4 is 36.2 Å². The Morgan fingerprint density at radius 2 is 1.80 bits per heavy atom. The summed E-state index contributed by atoms with van der Waals surface area (Å²) in [6.45, 7) is 4.98. The van der Waals surface area contributed by atoms with E-state index in [0.29, 0.717) is 0 Å². The summed E-state index contributed by atoms with van der Waals surface area (Å²) >= 11 is 0. The molecule has 9 nitrogen and oxygen atoms in total. The van der Waals surface area contributed by atoms with Crippen LogP contribution in [0.25, 0.3) is 0 Å². The summed E-state index contributed by atoms with van der Waals surface area (Å²) in [6, 6.07) is -1.03. The first-order valence-corrected chi connectivity index (χ1v) is 7.66. The number of piperazine rings is 1. The Bertz CT molecular complexity index is 520. The second-order valence-electron chi connectivity index (χ2n) is 6.43. The summed E-state index contributed by atoms with van der Waals surface area (Å²) in [5.74, 6) is -2.11. The molecular weight excluding hydrogens is 354 g/mol. The van der Waals surface area contributed by atoms with Crippen molar-refractivity contribution in [3.8, 4) is 0 Å². The van der Waals surface area contributed by atoms with Gasteiger partial charge in [0.15, 0.2) is 0 Å². The first-order valence-electron chi connectivity index (χ1n) is 7.66. The van der Waals surface area contributed by atoms with Gasteiger partial charge < -0.3 is 25.0 Å². The number of hydrogen-bond acceptors (Lipinski definition) is 7. The van der Waals surface area contributed by atoms with Gasteiger partial charge in [-0.05, 0) is 20.8 Å². The van der Waals surface area contributed by atoms with Crippen LogP contribution in [0.15, 0.2) is 0 Å². The second-order valence-corrected chi connectivity index (χ2v) is 6.43. The Balaban J connectivity index is 0.00000576. The monoisotopic (exact) mass is 379 g/mol. The normalized spacial score (nSPS) is 17.6. The van der Waals surface area contributed by atoms with Crippen LogP contribution >= 0.6 is 12.4 Å². The van der Waals surface area contributed by atoms with Crippen molar-refractivity contribution in [2.24, 2.45) is 5.73 Å². The van der Waals surface area contributed by atoms with E-state index in [1.165, 1.54) is 16.9 Å². The van der Waals surface area contributed by atoms with Gasteiger partial charge in [0.05, 0.1) is 20.1 Å². The van der Waals surface area contributed by atoms with Crippen LogP contribution in [0.2, 0.25) is 0 Å². The largest absolute Gasteiger partial charge is 0.468 e. The molecule has 0 aromatic rings. The van der Waals surface area contributed by atoms with Gasteiger partial charge >= 0.3 is 11.9 Å². The molecule has 0 bridgehead atoms. The number of halogens is 1. The standard InChI is InChI=1S/C15H25N3O6.ClH/c1-15(2,3)24-12(20)7-10-14(22)17(9-13(21)23-4)5-6-18(10)11(19)8-16;/h10H,5-9,16H2,1-4H3;1H/t10-;/m0./s1. The van der Waals surface area contributed by atoms with Gasteiger partial charge in [0.25, 0.3) is 0 Å². The average molecular weight is 380 g/mol. The highest BCUT2D eigenvalue weighted by Crippen LogP contribution is 2.18. The zero-order valence-corrected chi connectivity index (χ0v) is 15.8. The third-order valence-electron chi connectivity index (χ3n) is 3.41. The van der Waals surface area contributed by atoms with Crippen LogP contribution in [-0.4, -0.2) is 78.5 Å². The maximum absolute atomic E-state index is 12.6. The van der Waals surface area contributed by atoms with Gasteiger partial charge in [0.1, 0.15) is 18.2 Å². The van der Waals surface area contributed by atoms with Gasteiger partial charge in [0.2, 0.25) is 11.8 Å². The molecule has 1 fully saturated rings. The number of methoxy groups -OCH3 is 1. The van der Waals surface area contributed by atoms with Crippen molar-refractivity contribution in [3.05, 3.63) is 0 Å². The fourth-order valence-corrected chi connectivity index (χ4v) is 2.37. The molecule has 0 aromatic heterocycles. The molecule has 0 unspecified atom stereocenters. The predicted octanol–water partition coefficient (Wildman–Crippen LogP) is -0.689. The fourth-order valence-electron chi connectivity index (χ4n) is 2.37. The molecule has 2 N–H and O–H groups in total. The van der Waals surface area contributed by atoms with Crippen LogP contribution in [0.1, 0.15) is 27.2 Å². The number of hydrogen-bond donors (Lipinski definition) is 1. The second kappa shape index (κ2) is 9.57. The number of carbonyl (C=O) groups is 4. The molecule has 0 aromatic carbocycles. The lowest BCUT2D eigenvalue weighted by Gasteiger charge is -2.40. The Labute approximate surface area is 153 Å². The van der Waals surface area contributed by atoms with Gasteiger partial charge in [-0.25, -0.2) is 0 Å². The van der Waals surface area contributed by atoms with Crippen molar-refractivity contribution in [3.63, 3.8) is 0 Å². The van der Waals surface area contributed by atoms with Crippen LogP contribution < -0.4 is 5.73 Å². The molecule has 0 spiro atoms. The number of esters is 2. The summed E-state index contributed by atoms with van der Waals surface area (Å²) in [5.41, 5.74) is 4.67. The molecule has 0 aliphatic carbocycles. The van der Waals surface area contributed by atoms with Gasteiger partial charge in [-0.1, -0.05) is 0 Å². The summed E-state index contributed by atoms with van der Waals surface area (Å²) < 4.78 is 9.77. The molecule has 1 saturated heterocycles. The number of ether oxygens (including phenoxy) is 2. The Morgan fingerprint density at radius 3 is 2.28 bits per heavy atom. The van der Waals surface area contributed by atoms with Crippen molar-refractivity contribution < 1.29 is 28.7 Å². The molecule has 10 heteroatoms. The van der Waals surface area contributed by atoms with E-state index in [-0.39, 0.29) is 45.0 Å². The molecule has 1 rings (SSSR count). The average Bonchev–Trinajstić information content (AvgIpc) is 2.48. The zero-order valence-electron chi connectivity index (χ0n) is 14.9. The highest BCUT2D eigenvalue weighted by atomic mass is 35.5. The van der Waals surface area contributed by atoms with E-state index in [1.54, 1.807) is 20.8 Å². The number of carbonyl (C=O) groups excluding carboxylic acids is 4. The first-order chi connectivity index (χ1) is 11.1. The van der Waals surface area contributed by atoms with Crippen molar-refractivity contribution in [1.82, 2.24) is 9.80 Å². The molecule has 1 aliphatic rings. The Morgan fingerprint density at radius 1 is 1.20 bits per heavy atom. The van der Waals surface area contributed by atoms with E-state index in [1.807, 2.05) is 0 Å². The lowest BCUT2D eigenvalue weighted by Crippen LogP contribution is -2.61. The maximum atomic E-state index is 12.6.